The lowest BCUT2D eigenvalue weighted by Gasteiger charge is -2.27. The van der Waals surface area contributed by atoms with Gasteiger partial charge in [-0.1, -0.05) is 45.7 Å². The van der Waals surface area contributed by atoms with Crippen molar-refractivity contribution >= 4 is 27.5 Å². The van der Waals surface area contributed by atoms with Crippen LogP contribution in [0.25, 0.3) is 0 Å². The quantitative estimate of drug-likeness (QED) is 0.845. The van der Waals surface area contributed by atoms with Crippen molar-refractivity contribution in [3.63, 3.8) is 0 Å². The summed E-state index contributed by atoms with van der Waals surface area (Å²) in [5.41, 5.74) is 7.99. The minimum absolute atomic E-state index is 0.00764. The van der Waals surface area contributed by atoms with Crippen LogP contribution in [0.2, 0.25) is 5.02 Å². The molecule has 2 rings (SSSR count). The fourth-order valence-corrected chi connectivity index (χ4v) is 2.73. The Kier molecular flexibility index (Phi) is 5.76. The van der Waals surface area contributed by atoms with Gasteiger partial charge >= 0.3 is 0 Å². The third-order valence-corrected chi connectivity index (χ3v) is 4.25. The molecular weight excluding hydrogens is 355 g/mol. The number of benzene rings is 2. The number of hydrogen-bond acceptors (Lipinski definition) is 2. The summed E-state index contributed by atoms with van der Waals surface area (Å²) in [6.07, 6.45) is 0. The van der Waals surface area contributed by atoms with E-state index in [9.17, 15) is 4.39 Å². The van der Waals surface area contributed by atoms with Gasteiger partial charge in [-0.25, -0.2) is 4.39 Å². The summed E-state index contributed by atoms with van der Waals surface area (Å²) in [6.45, 7) is 1.19. The van der Waals surface area contributed by atoms with Gasteiger partial charge in [-0.15, -0.1) is 0 Å². The molecular formula is C16H17BrClFN2. The van der Waals surface area contributed by atoms with Crippen molar-refractivity contribution in [3.8, 4) is 0 Å². The number of hydrogen-bond donors (Lipinski definition) is 1. The predicted octanol–water partition coefficient (Wildman–Crippen LogP) is 4.37. The summed E-state index contributed by atoms with van der Waals surface area (Å²) in [4.78, 5) is 2.13. The first-order chi connectivity index (χ1) is 10.0. The molecule has 0 aliphatic heterocycles. The van der Waals surface area contributed by atoms with Crippen LogP contribution in [-0.2, 0) is 6.54 Å². The van der Waals surface area contributed by atoms with Gasteiger partial charge in [0, 0.05) is 23.6 Å². The number of halogens is 3. The van der Waals surface area contributed by atoms with E-state index in [-0.39, 0.29) is 11.1 Å². The number of nitrogens with two attached hydrogens (primary N) is 1. The zero-order valence-corrected chi connectivity index (χ0v) is 14.0. The molecule has 2 N–H and O–H groups in total. The highest BCUT2D eigenvalue weighted by atomic mass is 79.9. The van der Waals surface area contributed by atoms with Crippen LogP contribution in [-0.4, -0.2) is 18.5 Å². The Balaban J connectivity index is 2.15. The van der Waals surface area contributed by atoms with Gasteiger partial charge < -0.3 is 5.73 Å². The van der Waals surface area contributed by atoms with E-state index in [1.807, 2.05) is 19.2 Å². The van der Waals surface area contributed by atoms with Gasteiger partial charge in [0.05, 0.1) is 5.02 Å². The van der Waals surface area contributed by atoms with E-state index >= 15 is 0 Å². The Bertz CT molecular complexity index is 604. The van der Waals surface area contributed by atoms with E-state index in [2.05, 4.69) is 33.0 Å². The van der Waals surface area contributed by atoms with E-state index in [1.54, 1.807) is 12.1 Å². The molecule has 1 atom stereocenters. The van der Waals surface area contributed by atoms with E-state index in [0.29, 0.717) is 6.54 Å². The molecule has 1 unspecified atom stereocenters. The molecule has 0 fully saturated rings. The molecule has 5 heteroatoms. The fraction of sp³-hybridized carbons (Fsp3) is 0.250. The van der Waals surface area contributed by atoms with Gasteiger partial charge in [0.15, 0.2) is 0 Å². The fourth-order valence-electron chi connectivity index (χ4n) is 2.28. The first-order valence-electron chi connectivity index (χ1n) is 6.61. The average molecular weight is 372 g/mol. The molecule has 0 heterocycles. The third kappa shape index (κ3) is 4.27. The standard InChI is InChI=1S/C16H17BrClFN2/c1-21(10-11-2-5-13(17)6-3-11)16(9-20)12-4-7-15(19)14(18)8-12/h2-8,16H,9-10,20H2,1H3. The van der Waals surface area contributed by atoms with Crippen molar-refractivity contribution in [1.82, 2.24) is 4.90 Å². The monoisotopic (exact) mass is 370 g/mol. The summed E-state index contributed by atoms with van der Waals surface area (Å²) in [7, 11) is 2.00. The van der Waals surface area contributed by atoms with Gasteiger partial charge in [0.2, 0.25) is 0 Å². The Morgan fingerprint density at radius 3 is 2.48 bits per heavy atom. The number of nitrogens with zero attached hydrogens (tertiary/aromatic N) is 1. The van der Waals surface area contributed by atoms with E-state index < -0.39 is 5.82 Å². The lowest BCUT2D eigenvalue weighted by Crippen LogP contribution is -2.30. The van der Waals surface area contributed by atoms with E-state index in [1.165, 1.54) is 11.6 Å². The zero-order chi connectivity index (χ0) is 15.4. The second-order valence-electron chi connectivity index (χ2n) is 4.97. The molecule has 0 saturated carbocycles. The summed E-state index contributed by atoms with van der Waals surface area (Å²) in [6, 6.07) is 12.9. The Morgan fingerprint density at radius 2 is 1.90 bits per heavy atom. The zero-order valence-electron chi connectivity index (χ0n) is 11.7. The maximum Gasteiger partial charge on any atom is 0.141 e. The van der Waals surface area contributed by atoms with Crippen LogP contribution in [0.1, 0.15) is 17.2 Å². The highest BCUT2D eigenvalue weighted by Crippen LogP contribution is 2.25. The summed E-state index contributed by atoms with van der Waals surface area (Å²) in [5.74, 6) is -0.410. The van der Waals surface area contributed by atoms with Crippen LogP contribution in [0.5, 0.6) is 0 Å². The Morgan fingerprint density at radius 1 is 1.24 bits per heavy atom. The normalized spacial score (nSPS) is 12.7. The molecule has 0 bridgehead atoms. The summed E-state index contributed by atoms with van der Waals surface area (Å²) < 4.78 is 14.3. The van der Waals surface area contributed by atoms with Crippen molar-refractivity contribution in [2.45, 2.75) is 12.6 Å². The maximum absolute atomic E-state index is 13.3. The van der Waals surface area contributed by atoms with Crippen molar-refractivity contribution in [3.05, 3.63) is 68.9 Å². The highest BCUT2D eigenvalue weighted by Gasteiger charge is 2.17. The van der Waals surface area contributed by atoms with Crippen LogP contribution in [0.3, 0.4) is 0 Å². The lowest BCUT2D eigenvalue weighted by atomic mass is 10.0. The minimum atomic E-state index is -0.410. The smallest absolute Gasteiger partial charge is 0.141 e. The lowest BCUT2D eigenvalue weighted by molar-refractivity contribution is 0.241. The maximum atomic E-state index is 13.3. The largest absolute Gasteiger partial charge is 0.329 e. The second kappa shape index (κ2) is 7.36. The minimum Gasteiger partial charge on any atom is -0.329 e. The van der Waals surface area contributed by atoms with Gasteiger partial charge in [-0.05, 0) is 42.4 Å². The van der Waals surface area contributed by atoms with Crippen LogP contribution in [0.15, 0.2) is 46.9 Å². The highest BCUT2D eigenvalue weighted by molar-refractivity contribution is 9.10. The number of likely N-dealkylation sites (N-methyl/N-ethyl adjacent to an activating group) is 1. The first-order valence-corrected chi connectivity index (χ1v) is 7.78. The summed E-state index contributed by atoms with van der Waals surface area (Å²) >= 11 is 9.28. The van der Waals surface area contributed by atoms with Crippen LogP contribution in [0.4, 0.5) is 4.39 Å². The predicted molar refractivity (Wildman–Crippen MR) is 88.8 cm³/mol. The molecule has 2 aromatic carbocycles. The van der Waals surface area contributed by atoms with Crippen LogP contribution >= 0.6 is 27.5 Å². The molecule has 112 valence electrons. The van der Waals surface area contributed by atoms with Crippen LogP contribution < -0.4 is 5.73 Å². The van der Waals surface area contributed by atoms with E-state index in [0.717, 1.165) is 16.6 Å². The number of rotatable bonds is 5. The van der Waals surface area contributed by atoms with Gasteiger partial charge in [0.1, 0.15) is 5.82 Å². The third-order valence-electron chi connectivity index (χ3n) is 3.43. The average Bonchev–Trinajstić information content (AvgIpc) is 2.46. The Hall–Kier alpha value is -0.940. The molecule has 0 radical (unpaired) electrons. The van der Waals surface area contributed by atoms with E-state index in [4.69, 9.17) is 17.3 Å². The molecule has 0 aliphatic rings. The Labute approximate surface area is 137 Å². The van der Waals surface area contributed by atoms with Gasteiger partial charge in [-0.2, -0.15) is 0 Å². The summed E-state index contributed by atoms with van der Waals surface area (Å²) in [5, 5.41) is 0.128. The van der Waals surface area contributed by atoms with Crippen molar-refractivity contribution in [2.75, 3.05) is 13.6 Å². The van der Waals surface area contributed by atoms with Crippen LogP contribution in [0, 0.1) is 5.82 Å². The first kappa shape index (κ1) is 16.4. The molecule has 0 aromatic heterocycles. The molecule has 2 nitrogen and oxygen atoms in total. The van der Waals surface area contributed by atoms with Crippen molar-refractivity contribution in [2.24, 2.45) is 5.73 Å². The molecule has 0 saturated heterocycles. The molecule has 0 aliphatic carbocycles. The second-order valence-corrected chi connectivity index (χ2v) is 6.29. The van der Waals surface area contributed by atoms with Gasteiger partial charge in [-0.3, -0.25) is 4.90 Å². The molecule has 0 amide bonds. The molecule has 0 spiro atoms. The molecule has 2 aromatic rings. The topological polar surface area (TPSA) is 29.3 Å². The SMILES string of the molecule is CN(Cc1ccc(Br)cc1)C(CN)c1ccc(F)c(Cl)c1. The van der Waals surface area contributed by atoms with Crippen molar-refractivity contribution in [1.29, 1.82) is 0 Å². The van der Waals surface area contributed by atoms with Gasteiger partial charge in [0.25, 0.3) is 0 Å². The van der Waals surface area contributed by atoms with Crippen molar-refractivity contribution < 1.29 is 4.39 Å². The molecule has 21 heavy (non-hydrogen) atoms.